The van der Waals surface area contributed by atoms with Gasteiger partial charge in [-0.2, -0.15) is 4.98 Å². The maximum atomic E-state index is 9.01. The molecule has 25 heavy (non-hydrogen) atoms. The second-order valence-electron chi connectivity index (χ2n) is 5.75. The van der Waals surface area contributed by atoms with E-state index in [2.05, 4.69) is 19.9 Å². The van der Waals surface area contributed by atoms with Gasteiger partial charge in [-0.3, -0.25) is 0 Å². The highest BCUT2D eigenvalue weighted by Gasteiger charge is 2.19. The first kappa shape index (κ1) is 16.3. The molecule has 0 aromatic carbocycles. The summed E-state index contributed by atoms with van der Waals surface area (Å²) in [6, 6.07) is 5.60. The smallest absolute Gasteiger partial charge is 0.225 e. The maximum absolute atomic E-state index is 9.01. The van der Waals surface area contributed by atoms with Crippen LogP contribution in [0.2, 0.25) is 5.28 Å². The van der Waals surface area contributed by atoms with E-state index in [0.29, 0.717) is 36.4 Å². The zero-order valence-electron chi connectivity index (χ0n) is 13.5. The monoisotopic (exact) mass is 360 g/mol. The Hall–Kier alpha value is -2.22. The van der Waals surface area contributed by atoms with Crippen molar-refractivity contribution >= 4 is 28.5 Å². The first-order chi connectivity index (χ1) is 12.2. The van der Waals surface area contributed by atoms with Gasteiger partial charge in [0.1, 0.15) is 17.0 Å². The molecule has 0 unspecified atom stereocenters. The van der Waals surface area contributed by atoms with Crippen LogP contribution in [-0.4, -0.2) is 53.0 Å². The lowest BCUT2D eigenvalue weighted by atomic mass is 10.2. The zero-order chi connectivity index (χ0) is 17.2. The standard InChI is InChI=1S/C17H17ClN4O3/c18-17-20-13-9-11(14-2-1-12(25-14)3-6-23)10-19-15(13)16(21-17)22-4-7-24-8-5-22/h1-2,9-10,23H,3-8H2. The van der Waals surface area contributed by atoms with Crippen molar-refractivity contribution in [2.45, 2.75) is 6.42 Å². The average molecular weight is 361 g/mol. The summed E-state index contributed by atoms with van der Waals surface area (Å²) >= 11 is 6.13. The molecule has 0 bridgehead atoms. The summed E-state index contributed by atoms with van der Waals surface area (Å²) in [5.74, 6) is 2.14. The molecule has 1 N–H and O–H groups in total. The van der Waals surface area contributed by atoms with Gasteiger partial charge in [0.25, 0.3) is 0 Å². The number of hydrogen-bond donors (Lipinski definition) is 1. The van der Waals surface area contributed by atoms with Crippen LogP contribution in [0.15, 0.2) is 28.8 Å². The van der Waals surface area contributed by atoms with E-state index < -0.39 is 0 Å². The minimum absolute atomic E-state index is 0.0503. The third-order valence-corrected chi connectivity index (χ3v) is 4.27. The van der Waals surface area contributed by atoms with Crippen LogP contribution in [0.3, 0.4) is 0 Å². The van der Waals surface area contributed by atoms with E-state index in [1.54, 1.807) is 6.20 Å². The summed E-state index contributed by atoms with van der Waals surface area (Å²) in [7, 11) is 0. The fourth-order valence-corrected chi connectivity index (χ4v) is 3.05. The molecule has 3 aromatic heterocycles. The van der Waals surface area contributed by atoms with Gasteiger partial charge in [-0.25, -0.2) is 9.97 Å². The van der Waals surface area contributed by atoms with E-state index in [0.717, 1.165) is 30.2 Å². The molecule has 0 radical (unpaired) electrons. The molecule has 0 aliphatic carbocycles. The van der Waals surface area contributed by atoms with E-state index in [1.165, 1.54) is 0 Å². The van der Waals surface area contributed by atoms with Crippen molar-refractivity contribution in [2.75, 3.05) is 37.8 Å². The fourth-order valence-electron chi connectivity index (χ4n) is 2.88. The molecule has 7 nitrogen and oxygen atoms in total. The van der Waals surface area contributed by atoms with Crippen molar-refractivity contribution in [3.63, 3.8) is 0 Å². The third kappa shape index (κ3) is 3.30. The van der Waals surface area contributed by atoms with Crippen LogP contribution in [-0.2, 0) is 11.2 Å². The molecule has 1 fully saturated rings. The number of furan rings is 1. The minimum Gasteiger partial charge on any atom is -0.461 e. The lowest BCUT2D eigenvalue weighted by Crippen LogP contribution is -2.37. The summed E-state index contributed by atoms with van der Waals surface area (Å²) in [6.07, 6.45) is 2.22. The van der Waals surface area contributed by atoms with Crippen LogP contribution < -0.4 is 4.90 Å². The Balaban J connectivity index is 1.75. The van der Waals surface area contributed by atoms with Gasteiger partial charge >= 0.3 is 0 Å². The molecule has 0 atom stereocenters. The summed E-state index contributed by atoms with van der Waals surface area (Å²) < 4.78 is 11.1. The number of aliphatic hydroxyl groups is 1. The summed E-state index contributed by atoms with van der Waals surface area (Å²) in [6.45, 7) is 2.85. The van der Waals surface area contributed by atoms with Gasteiger partial charge < -0.3 is 19.2 Å². The van der Waals surface area contributed by atoms with Crippen molar-refractivity contribution in [3.05, 3.63) is 35.4 Å². The number of ether oxygens (including phenoxy) is 1. The number of hydrogen-bond acceptors (Lipinski definition) is 7. The van der Waals surface area contributed by atoms with Crippen molar-refractivity contribution in [1.82, 2.24) is 15.0 Å². The van der Waals surface area contributed by atoms with Crippen LogP contribution in [0.5, 0.6) is 0 Å². The molecule has 1 saturated heterocycles. The second kappa shape index (κ2) is 6.95. The Kier molecular flexibility index (Phi) is 4.52. The molecule has 0 spiro atoms. The molecule has 1 aliphatic heterocycles. The normalized spacial score (nSPS) is 15.0. The second-order valence-corrected chi connectivity index (χ2v) is 6.09. The number of halogens is 1. The van der Waals surface area contributed by atoms with Gasteiger partial charge in [0, 0.05) is 31.3 Å². The molecular weight excluding hydrogens is 344 g/mol. The predicted octanol–water partition coefficient (Wildman–Crippen LogP) is 2.31. The number of pyridine rings is 1. The summed E-state index contributed by atoms with van der Waals surface area (Å²) in [4.78, 5) is 15.3. The first-order valence-electron chi connectivity index (χ1n) is 8.10. The number of nitrogens with zero attached hydrogens (tertiary/aromatic N) is 4. The SMILES string of the molecule is OCCc1ccc(-c2cnc3c(N4CCOCC4)nc(Cl)nc3c2)o1. The molecule has 130 valence electrons. The average Bonchev–Trinajstić information content (AvgIpc) is 3.10. The fraction of sp³-hybridized carbons (Fsp3) is 0.353. The van der Waals surface area contributed by atoms with Gasteiger partial charge in [-0.15, -0.1) is 0 Å². The van der Waals surface area contributed by atoms with Crippen molar-refractivity contribution in [2.24, 2.45) is 0 Å². The van der Waals surface area contributed by atoms with Gasteiger partial charge in [-0.05, 0) is 29.8 Å². The van der Waals surface area contributed by atoms with Gasteiger partial charge in [0.05, 0.1) is 25.3 Å². The summed E-state index contributed by atoms with van der Waals surface area (Å²) in [5.41, 5.74) is 2.18. The van der Waals surface area contributed by atoms with Crippen LogP contribution >= 0.6 is 11.6 Å². The van der Waals surface area contributed by atoms with Gasteiger partial charge in [-0.1, -0.05) is 0 Å². The number of anilines is 1. The molecule has 3 aromatic rings. The Morgan fingerprint density at radius 1 is 1.20 bits per heavy atom. The lowest BCUT2D eigenvalue weighted by molar-refractivity contribution is 0.122. The molecule has 8 heteroatoms. The van der Waals surface area contributed by atoms with Gasteiger partial charge in [0.2, 0.25) is 5.28 Å². The van der Waals surface area contributed by atoms with Crippen LogP contribution in [0.1, 0.15) is 5.76 Å². The molecule has 0 saturated carbocycles. The van der Waals surface area contributed by atoms with Crippen LogP contribution in [0, 0.1) is 0 Å². The van der Waals surface area contributed by atoms with E-state index in [9.17, 15) is 0 Å². The highest BCUT2D eigenvalue weighted by molar-refractivity contribution is 6.28. The summed E-state index contributed by atoms with van der Waals surface area (Å²) in [5, 5.41) is 9.20. The topological polar surface area (TPSA) is 84.5 Å². The third-order valence-electron chi connectivity index (χ3n) is 4.11. The number of rotatable bonds is 4. The highest BCUT2D eigenvalue weighted by Crippen LogP contribution is 2.29. The number of aromatic nitrogens is 3. The highest BCUT2D eigenvalue weighted by atomic mass is 35.5. The van der Waals surface area contributed by atoms with E-state index in [1.807, 2.05) is 18.2 Å². The molecule has 1 aliphatic rings. The Morgan fingerprint density at radius 3 is 2.84 bits per heavy atom. The Bertz CT molecular complexity index is 893. The van der Waals surface area contributed by atoms with Crippen molar-refractivity contribution in [3.8, 4) is 11.3 Å². The minimum atomic E-state index is 0.0503. The van der Waals surface area contributed by atoms with E-state index in [4.69, 9.17) is 25.9 Å². The van der Waals surface area contributed by atoms with E-state index >= 15 is 0 Å². The lowest BCUT2D eigenvalue weighted by Gasteiger charge is -2.28. The first-order valence-corrected chi connectivity index (χ1v) is 8.48. The number of aliphatic hydroxyl groups excluding tert-OH is 1. The van der Waals surface area contributed by atoms with Crippen molar-refractivity contribution in [1.29, 1.82) is 0 Å². The quantitative estimate of drug-likeness (QED) is 0.714. The zero-order valence-corrected chi connectivity index (χ0v) is 14.2. The van der Waals surface area contributed by atoms with Crippen LogP contribution in [0.25, 0.3) is 22.4 Å². The molecule has 0 amide bonds. The Morgan fingerprint density at radius 2 is 2.04 bits per heavy atom. The van der Waals surface area contributed by atoms with Gasteiger partial charge in [0.15, 0.2) is 5.82 Å². The van der Waals surface area contributed by atoms with Crippen LogP contribution in [0.4, 0.5) is 5.82 Å². The molecule has 4 heterocycles. The largest absolute Gasteiger partial charge is 0.461 e. The molecule has 4 rings (SSSR count). The Labute approximate surface area is 149 Å². The number of morpholine rings is 1. The van der Waals surface area contributed by atoms with Crippen molar-refractivity contribution < 1.29 is 14.3 Å². The number of fused-ring (bicyclic) bond motifs is 1. The maximum Gasteiger partial charge on any atom is 0.225 e. The molecular formula is C17H17ClN4O3. The predicted molar refractivity (Wildman–Crippen MR) is 93.9 cm³/mol. The van der Waals surface area contributed by atoms with E-state index in [-0.39, 0.29) is 11.9 Å².